The monoisotopic (exact) mass is 501 g/mol. The summed E-state index contributed by atoms with van der Waals surface area (Å²) >= 11 is 0. The summed E-state index contributed by atoms with van der Waals surface area (Å²) in [6.07, 6.45) is 2.05. The Hall–Kier alpha value is -3.14. The van der Waals surface area contributed by atoms with E-state index in [0.29, 0.717) is 32.2 Å². The van der Waals surface area contributed by atoms with Gasteiger partial charge in [-0.05, 0) is 54.5 Å². The number of carbonyl (C=O) groups excluding carboxylic acids is 1. The number of hydrogen-bond donors (Lipinski definition) is 2. The molecule has 1 heterocycles. The number of amides is 3. The minimum atomic E-state index is -3.29. The van der Waals surface area contributed by atoms with Crippen LogP contribution in [0.2, 0.25) is 0 Å². The smallest absolute Gasteiger partial charge is 0.407 e. The highest BCUT2D eigenvalue weighted by Gasteiger charge is 2.72. The fourth-order valence-electron chi connectivity index (χ4n) is 6.03. The van der Waals surface area contributed by atoms with Crippen LogP contribution in [0.1, 0.15) is 42.0 Å². The lowest BCUT2D eigenvalue weighted by Crippen LogP contribution is -2.84. The minimum absolute atomic E-state index is 0.0757. The lowest BCUT2D eigenvalue weighted by atomic mass is 9.43. The van der Waals surface area contributed by atoms with E-state index in [-0.39, 0.29) is 30.2 Å². The lowest BCUT2D eigenvalue weighted by Gasteiger charge is -2.73. The van der Waals surface area contributed by atoms with Crippen molar-refractivity contribution in [2.75, 3.05) is 25.1 Å². The Morgan fingerprint density at radius 1 is 1.14 bits per heavy atom. The number of halogens is 1. The molecule has 0 saturated heterocycles. The highest BCUT2D eigenvalue weighted by Crippen LogP contribution is 2.63. The summed E-state index contributed by atoms with van der Waals surface area (Å²) in [5.74, 6) is -0.570. The maximum absolute atomic E-state index is 13.6. The second-order valence-electron chi connectivity index (χ2n) is 10.1. The number of nitrogens with zero attached hydrogens (tertiary/aromatic N) is 2. The molecule has 1 aliphatic heterocycles. The van der Waals surface area contributed by atoms with Gasteiger partial charge in [0.15, 0.2) is 0 Å². The van der Waals surface area contributed by atoms with Crippen molar-refractivity contribution in [3.63, 3.8) is 0 Å². The number of sulfone groups is 1. The normalized spacial score (nSPS) is 26.7. The van der Waals surface area contributed by atoms with Crippen LogP contribution in [0.4, 0.5) is 14.0 Å². The average Bonchev–Trinajstić information content (AvgIpc) is 2.75. The van der Waals surface area contributed by atoms with Gasteiger partial charge in [0, 0.05) is 24.9 Å². The van der Waals surface area contributed by atoms with Crippen LogP contribution in [-0.2, 0) is 16.3 Å². The van der Waals surface area contributed by atoms with Gasteiger partial charge in [-0.2, -0.15) is 0 Å². The Morgan fingerprint density at radius 2 is 1.80 bits per heavy atom. The van der Waals surface area contributed by atoms with E-state index in [2.05, 4.69) is 5.32 Å². The summed E-state index contributed by atoms with van der Waals surface area (Å²) in [6, 6.07) is 13.5. The Balaban J connectivity index is 1.31. The highest BCUT2D eigenvalue weighted by molar-refractivity contribution is 7.90. The van der Waals surface area contributed by atoms with Gasteiger partial charge in [0.05, 0.1) is 17.3 Å². The molecule has 35 heavy (non-hydrogen) atoms. The molecule has 186 valence electrons. The molecule has 1 atom stereocenters. The van der Waals surface area contributed by atoms with Crippen molar-refractivity contribution in [2.45, 2.75) is 42.8 Å². The number of urea groups is 1. The van der Waals surface area contributed by atoms with E-state index in [4.69, 9.17) is 0 Å². The van der Waals surface area contributed by atoms with Crippen LogP contribution in [0.3, 0.4) is 0 Å². The first-order valence-electron chi connectivity index (χ1n) is 11.6. The van der Waals surface area contributed by atoms with Crippen molar-refractivity contribution in [1.29, 1.82) is 0 Å². The molecule has 0 unspecified atom stereocenters. The number of rotatable bonds is 6. The first-order valence-corrected chi connectivity index (χ1v) is 13.7. The van der Waals surface area contributed by atoms with E-state index in [1.165, 1.54) is 17.0 Å². The molecule has 4 aliphatic rings. The summed E-state index contributed by atoms with van der Waals surface area (Å²) in [6.45, 7) is 0.426. The van der Waals surface area contributed by atoms with E-state index in [1.807, 2.05) is 24.3 Å². The molecule has 2 bridgehead atoms. The van der Waals surface area contributed by atoms with Gasteiger partial charge in [-0.3, -0.25) is 0 Å². The second-order valence-corrected chi connectivity index (χ2v) is 12.4. The maximum Gasteiger partial charge on any atom is 0.407 e. The largest absolute Gasteiger partial charge is 0.465 e. The van der Waals surface area contributed by atoms with Crippen molar-refractivity contribution in [3.05, 3.63) is 71.0 Å². The van der Waals surface area contributed by atoms with Crippen molar-refractivity contribution < 1.29 is 27.5 Å². The molecule has 0 spiro atoms. The summed E-state index contributed by atoms with van der Waals surface area (Å²) in [7, 11) is -3.29. The standard InChI is InChI=1S/C25H28FN3O5S/c1-35(33,34)13-12-29(23(31)32)25-14-24(15-25,16-25)27-22(30)28-11-10-17-4-2-3-5-20(17)21(28)18-6-8-19(26)9-7-18/h2-9,21H,10-16H2,1H3,(H,27,30)(H,31,32)/t21-,24?,25?/m0/s1. The molecule has 0 radical (unpaired) electrons. The molecule has 3 saturated carbocycles. The van der Waals surface area contributed by atoms with Crippen LogP contribution >= 0.6 is 0 Å². The fraction of sp³-hybridized carbons (Fsp3) is 0.440. The lowest BCUT2D eigenvalue weighted by molar-refractivity contribution is -0.158. The quantitative estimate of drug-likeness (QED) is 0.632. The van der Waals surface area contributed by atoms with Gasteiger partial charge in [0.25, 0.3) is 0 Å². The molecule has 2 aromatic carbocycles. The maximum atomic E-state index is 13.6. The third-order valence-corrected chi connectivity index (χ3v) is 8.52. The van der Waals surface area contributed by atoms with Crippen LogP contribution in [0.5, 0.6) is 0 Å². The van der Waals surface area contributed by atoms with Gasteiger partial charge in [-0.25, -0.2) is 22.4 Å². The molecule has 3 amide bonds. The summed E-state index contributed by atoms with van der Waals surface area (Å²) in [5.41, 5.74) is 1.88. The Morgan fingerprint density at radius 3 is 2.43 bits per heavy atom. The van der Waals surface area contributed by atoms with Crippen LogP contribution in [0, 0.1) is 5.82 Å². The number of carbonyl (C=O) groups is 2. The van der Waals surface area contributed by atoms with Crippen LogP contribution in [0.15, 0.2) is 48.5 Å². The third kappa shape index (κ3) is 4.24. The molecule has 3 aliphatic carbocycles. The van der Waals surface area contributed by atoms with Gasteiger partial charge in [0.2, 0.25) is 0 Å². The zero-order valence-electron chi connectivity index (χ0n) is 19.4. The van der Waals surface area contributed by atoms with Crippen LogP contribution < -0.4 is 5.32 Å². The molecule has 8 nitrogen and oxygen atoms in total. The molecule has 10 heteroatoms. The minimum Gasteiger partial charge on any atom is -0.465 e. The average molecular weight is 502 g/mol. The molecule has 2 aromatic rings. The van der Waals surface area contributed by atoms with E-state index < -0.39 is 27.0 Å². The molecule has 6 rings (SSSR count). The van der Waals surface area contributed by atoms with Gasteiger partial charge in [-0.1, -0.05) is 36.4 Å². The number of fused-ring (bicyclic) bond motifs is 1. The van der Waals surface area contributed by atoms with Crippen molar-refractivity contribution in [3.8, 4) is 0 Å². The zero-order chi connectivity index (χ0) is 25.0. The third-order valence-electron chi connectivity index (χ3n) is 7.59. The fourth-order valence-corrected chi connectivity index (χ4v) is 6.55. The Bertz CT molecular complexity index is 1260. The SMILES string of the molecule is CS(=O)(=O)CCN(C(=O)O)C12CC(NC(=O)N3CCc4ccccc4[C@@H]3c3ccc(F)cc3)(C1)C2. The first-order chi connectivity index (χ1) is 16.5. The van der Waals surface area contributed by atoms with Crippen LogP contribution in [-0.4, -0.2) is 71.6 Å². The second kappa shape index (κ2) is 8.22. The molecular weight excluding hydrogens is 473 g/mol. The van der Waals surface area contributed by atoms with Crippen molar-refractivity contribution >= 4 is 22.0 Å². The van der Waals surface area contributed by atoms with Crippen molar-refractivity contribution in [1.82, 2.24) is 15.1 Å². The topological polar surface area (TPSA) is 107 Å². The zero-order valence-corrected chi connectivity index (χ0v) is 20.2. The first kappa shape index (κ1) is 23.6. The molecular formula is C25H28FN3O5S. The van der Waals surface area contributed by atoms with Gasteiger partial charge < -0.3 is 20.2 Å². The van der Waals surface area contributed by atoms with Gasteiger partial charge in [0.1, 0.15) is 15.7 Å². The van der Waals surface area contributed by atoms with Crippen molar-refractivity contribution in [2.24, 2.45) is 0 Å². The van der Waals surface area contributed by atoms with E-state index in [0.717, 1.165) is 22.9 Å². The van der Waals surface area contributed by atoms with E-state index in [9.17, 15) is 27.5 Å². The van der Waals surface area contributed by atoms with Gasteiger partial charge in [-0.15, -0.1) is 0 Å². The summed E-state index contributed by atoms with van der Waals surface area (Å²) in [4.78, 5) is 28.3. The Labute approximate surface area is 203 Å². The number of carboxylic acid groups (broad SMARTS) is 1. The molecule has 2 N–H and O–H groups in total. The number of nitrogens with one attached hydrogen (secondary N) is 1. The molecule has 3 fully saturated rings. The van der Waals surface area contributed by atoms with E-state index in [1.54, 1.807) is 17.0 Å². The Kier molecular flexibility index (Phi) is 5.54. The van der Waals surface area contributed by atoms with Crippen LogP contribution in [0.25, 0.3) is 0 Å². The summed E-state index contributed by atoms with van der Waals surface area (Å²) in [5, 5.41) is 12.8. The summed E-state index contributed by atoms with van der Waals surface area (Å²) < 4.78 is 36.7. The van der Waals surface area contributed by atoms with Gasteiger partial charge >= 0.3 is 12.1 Å². The van der Waals surface area contributed by atoms with E-state index >= 15 is 0 Å². The predicted octanol–water partition coefficient (Wildman–Crippen LogP) is 3.18. The highest BCUT2D eigenvalue weighted by atomic mass is 32.2. The number of benzene rings is 2. The molecule has 0 aromatic heterocycles. The predicted molar refractivity (Wildman–Crippen MR) is 127 cm³/mol. The number of hydrogen-bond acceptors (Lipinski definition) is 4.